The molecule has 0 aliphatic heterocycles. The van der Waals surface area contributed by atoms with E-state index in [4.69, 9.17) is 5.73 Å². The van der Waals surface area contributed by atoms with Crippen LogP contribution in [0.15, 0.2) is 43.0 Å². The zero-order chi connectivity index (χ0) is 10.7. The maximum atomic E-state index is 6.10. The van der Waals surface area contributed by atoms with E-state index in [9.17, 15) is 0 Å². The molecule has 1 aromatic heterocycles. The number of benzene rings is 1. The first kappa shape index (κ1) is 10.5. The molecule has 2 aromatic rings. The molecular formula is C11H10IN3. The molecule has 4 heteroatoms. The van der Waals surface area contributed by atoms with Crippen LogP contribution < -0.4 is 5.73 Å². The van der Waals surface area contributed by atoms with E-state index in [1.54, 1.807) is 12.4 Å². The fraction of sp³-hybridized carbons (Fsp3) is 0.0909. The minimum atomic E-state index is -0.152. The fourth-order valence-electron chi connectivity index (χ4n) is 1.36. The van der Waals surface area contributed by atoms with Crippen molar-refractivity contribution in [3.8, 4) is 0 Å². The average Bonchev–Trinajstić information content (AvgIpc) is 2.29. The zero-order valence-corrected chi connectivity index (χ0v) is 10.1. The van der Waals surface area contributed by atoms with E-state index >= 15 is 0 Å². The van der Waals surface area contributed by atoms with Gasteiger partial charge in [-0.2, -0.15) is 0 Å². The quantitative estimate of drug-likeness (QED) is 0.865. The minimum absolute atomic E-state index is 0.152. The van der Waals surface area contributed by atoms with Crippen LogP contribution in [0.25, 0.3) is 0 Å². The van der Waals surface area contributed by atoms with E-state index in [0.717, 1.165) is 11.1 Å². The number of hydrogen-bond acceptors (Lipinski definition) is 3. The molecule has 3 nitrogen and oxygen atoms in total. The van der Waals surface area contributed by atoms with Gasteiger partial charge in [-0.15, -0.1) is 0 Å². The lowest BCUT2D eigenvalue weighted by Gasteiger charge is -2.11. The Morgan fingerprint density at radius 1 is 1.13 bits per heavy atom. The first-order valence-corrected chi connectivity index (χ1v) is 5.61. The molecular weight excluding hydrogens is 301 g/mol. The first-order chi connectivity index (χ1) is 7.27. The molecule has 1 unspecified atom stereocenters. The summed E-state index contributed by atoms with van der Waals surface area (Å²) in [5.74, 6) is 0. The second-order valence-corrected chi connectivity index (χ2v) is 4.45. The van der Waals surface area contributed by atoms with Crippen molar-refractivity contribution in [3.05, 3.63) is 57.7 Å². The Kier molecular flexibility index (Phi) is 3.27. The van der Waals surface area contributed by atoms with Gasteiger partial charge in [0.1, 0.15) is 6.33 Å². The van der Waals surface area contributed by atoms with E-state index < -0.39 is 0 Å². The van der Waals surface area contributed by atoms with Gasteiger partial charge in [0.15, 0.2) is 0 Å². The molecule has 0 amide bonds. The molecule has 0 spiro atoms. The first-order valence-electron chi connectivity index (χ1n) is 4.53. The van der Waals surface area contributed by atoms with Crippen molar-refractivity contribution in [2.24, 2.45) is 5.73 Å². The smallest absolute Gasteiger partial charge is 0.115 e. The van der Waals surface area contributed by atoms with Crippen LogP contribution in [0.3, 0.4) is 0 Å². The van der Waals surface area contributed by atoms with E-state index in [-0.39, 0.29) is 6.04 Å². The molecule has 0 aliphatic carbocycles. The maximum Gasteiger partial charge on any atom is 0.115 e. The van der Waals surface area contributed by atoms with Crippen molar-refractivity contribution in [2.45, 2.75) is 6.04 Å². The van der Waals surface area contributed by atoms with E-state index in [1.807, 2.05) is 18.2 Å². The van der Waals surface area contributed by atoms with Crippen LogP contribution in [0.4, 0.5) is 0 Å². The fourth-order valence-corrected chi connectivity index (χ4v) is 1.93. The molecule has 2 rings (SSSR count). The molecule has 2 N–H and O–H groups in total. The lowest BCUT2D eigenvalue weighted by Crippen LogP contribution is -2.12. The van der Waals surface area contributed by atoms with E-state index in [0.29, 0.717) is 0 Å². The highest BCUT2D eigenvalue weighted by atomic mass is 127. The molecule has 15 heavy (non-hydrogen) atoms. The number of rotatable bonds is 2. The molecule has 1 heterocycles. The summed E-state index contributed by atoms with van der Waals surface area (Å²) in [7, 11) is 0. The van der Waals surface area contributed by atoms with Gasteiger partial charge in [0.25, 0.3) is 0 Å². The minimum Gasteiger partial charge on any atom is -0.320 e. The van der Waals surface area contributed by atoms with Gasteiger partial charge >= 0.3 is 0 Å². The lowest BCUT2D eigenvalue weighted by molar-refractivity contribution is 0.850. The predicted molar refractivity (Wildman–Crippen MR) is 67.2 cm³/mol. The Balaban J connectivity index is 2.32. The second kappa shape index (κ2) is 4.67. The summed E-state index contributed by atoms with van der Waals surface area (Å²) in [6, 6.07) is 7.97. The van der Waals surface area contributed by atoms with Crippen LogP contribution in [0.5, 0.6) is 0 Å². The van der Waals surface area contributed by atoms with Crippen molar-refractivity contribution in [3.63, 3.8) is 0 Å². The molecule has 0 bridgehead atoms. The van der Waals surface area contributed by atoms with E-state index in [2.05, 4.69) is 38.6 Å². The summed E-state index contributed by atoms with van der Waals surface area (Å²) in [6.45, 7) is 0. The summed E-state index contributed by atoms with van der Waals surface area (Å²) in [5, 5.41) is 0. The largest absolute Gasteiger partial charge is 0.320 e. The molecule has 1 aromatic carbocycles. The number of hydrogen-bond donors (Lipinski definition) is 1. The van der Waals surface area contributed by atoms with Crippen LogP contribution in [-0.2, 0) is 0 Å². The van der Waals surface area contributed by atoms with Crippen molar-refractivity contribution < 1.29 is 0 Å². The number of halogens is 1. The standard InChI is InChI=1S/C11H10IN3/c12-10-3-1-2-8(4-10)11(13)9-5-14-7-15-6-9/h1-7,11H,13H2. The zero-order valence-electron chi connectivity index (χ0n) is 7.97. The highest BCUT2D eigenvalue weighted by Crippen LogP contribution is 2.19. The average molecular weight is 311 g/mol. The summed E-state index contributed by atoms with van der Waals surface area (Å²) in [5.41, 5.74) is 8.11. The summed E-state index contributed by atoms with van der Waals surface area (Å²) in [6.07, 6.45) is 5.00. The van der Waals surface area contributed by atoms with Crippen LogP contribution in [0, 0.1) is 3.57 Å². The monoisotopic (exact) mass is 311 g/mol. The second-order valence-electron chi connectivity index (χ2n) is 3.20. The lowest BCUT2D eigenvalue weighted by atomic mass is 10.0. The molecule has 0 saturated heterocycles. The maximum absolute atomic E-state index is 6.10. The molecule has 0 radical (unpaired) electrons. The Bertz CT molecular complexity index is 445. The normalized spacial score (nSPS) is 12.4. The Hall–Kier alpha value is -1.01. The van der Waals surface area contributed by atoms with Gasteiger partial charge in [0.2, 0.25) is 0 Å². The van der Waals surface area contributed by atoms with Gasteiger partial charge < -0.3 is 5.73 Å². The van der Waals surface area contributed by atoms with Crippen molar-refractivity contribution in [2.75, 3.05) is 0 Å². The van der Waals surface area contributed by atoms with Crippen molar-refractivity contribution >= 4 is 22.6 Å². The van der Waals surface area contributed by atoms with E-state index in [1.165, 1.54) is 9.90 Å². The Labute approximate surface area is 102 Å². The summed E-state index contributed by atoms with van der Waals surface area (Å²) < 4.78 is 1.18. The van der Waals surface area contributed by atoms with Crippen LogP contribution in [-0.4, -0.2) is 9.97 Å². The van der Waals surface area contributed by atoms with Crippen LogP contribution in [0.1, 0.15) is 17.2 Å². The predicted octanol–water partition coefficient (Wildman–Crippen LogP) is 2.13. The van der Waals surface area contributed by atoms with Crippen LogP contribution in [0.2, 0.25) is 0 Å². The van der Waals surface area contributed by atoms with Gasteiger partial charge in [-0.05, 0) is 40.3 Å². The Morgan fingerprint density at radius 2 is 1.87 bits per heavy atom. The van der Waals surface area contributed by atoms with Gasteiger partial charge in [0.05, 0.1) is 6.04 Å². The molecule has 0 saturated carbocycles. The van der Waals surface area contributed by atoms with Gasteiger partial charge in [-0.3, -0.25) is 0 Å². The van der Waals surface area contributed by atoms with Gasteiger partial charge in [0, 0.05) is 21.5 Å². The highest BCUT2D eigenvalue weighted by molar-refractivity contribution is 14.1. The highest BCUT2D eigenvalue weighted by Gasteiger charge is 2.08. The molecule has 0 fully saturated rings. The third-order valence-corrected chi connectivity index (χ3v) is 2.82. The van der Waals surface area contributed by atoms with Gasteiger partial charge in [-0.25, -0.2) is 9.97 Å². The van der Waals surface area contributed by atoms with Crippen LogP contribution >= 0.6 is 22.6 Å². The summed E-state index contributed by atoms with van der Waals surface area (Å²) >= 11 is 2.27. The summed E-state index contributed by atoms with van der Waals surface area (Å²) in [4.78, 5) is 7.92. The van der Waals surface area contributed by atoms with Crippen molar-refractivity contribution in [1.29, 1.82) is 0 Å². The Morgan fingerprint density at radius 3 is 2.53 bits per heavy atom. The SMILES string of the molecule is NC(c1cncnc1)c1cccc(I)c1. The third-order valence-electron chi connectivity index (χ3n) is 2.15. The van der Waals surface area contributed by atoms with Gasteiger partial charge in [-0.1, -0.05) is 12.1 Å². The number of nitrogens with zero attached hydrogens (tertiary/aromatic N) is 2. The molecule has 76 valence electrons. The third kappa shape index (κ3) is 2.51. The molecule has 1 atom stereocenters. The molecule has 0 aliphatic rings. The number of aromatic nitrogens is 2. The topological polar surface area (TPSA) is 51.8 Å². The van der Waals surface area contributed by atoms with Crippen molar-refractivity contribution in [1.82, 2.24) is 9.97 Å². The number of nitrogens with two attached hydrogens (primary N) is 1.